The van der Waals surface area contributed by atoms with E-state index in [2.05, 4.69) is 168 Å². The summed E-state index contributed by atoms with van der Waals surface area (Å²) in [5.41, 5.74) is 13.6. The van der Waals surface area contributed by atoms with Crippen LogP contribution in [0.1, 0.15) is 5.82 Å². The van der Waals surface area contributed by atoms with Gasteiger partial charge >= 0.3 is 0 Å². The first-order valence-electron chi connectivity index (χ1n) is 18.3. The maximum absolute atomic E-state index is 8.99. The Kier molecular flexibility index (Phi) is 9.23. The Hall–Kier alpha value is -7.88. The van der Waals surface area contributed by atoms with E-state index < -0.39 is 0 Å². The fourth-order valence-corrected chi connectivity index (χ4v) is 6.70. The SMILES string of the molecule is N#Cc1ncc(-c2ccc(-c3ccc(-c4ccc(-c5nc(-c6ccc(-c7ccccc7)cc6)nc(-c6ccc(-c7ccccc7)cc6)n5)cc4)cc3)cc2)cn1. The van der Waals surface area contributed by atoms with Gasteiger partial charge in [-0.25, -0.2) is 24.9 Å². The minimum Gasteiger partial charge on any atom is -0.227 e. The van der Waals surface area contributed by atoms with Gasteiger partial charge in [0.2, 0.25) is 5.82 Å². The summed E-state index contributed by atoms with van der Waals surface area (Å²) in [5, 5.41) is 8.99. The minimum atomic E-state index is 0.163. The molecule has 0 atom stereocenters. The van der Waals surface area contributed by atoms with Gasteiger partial charge in [0.05, 0.1) is 0 Å². The Labute approximate surface area is 325 Å². The first kappa shape index (κ1) is 33.9. The van der Waals surface area contributed by atoms with E-state index >= 15 is 0 Å². The molecular formula is C50H32N6. The molecule has 2 heterocycles. The van der Waals surface area contributed by atoms with Crippen molar-refractivity contribution >= 4 is 0 Å². The minimum absolute atomic E-state index is 0.163. The van der Waals surface area contributed by atoms with Crippen LogP contribution in [0.25, 0.3) is 89.8 Å². The van der Waals surface area contributed by atoms with Crippen molar-refractivity contribution in [3.63, 3.8) is 0 Å². The quantitative estimate of drug-likeness (QED) is 0.156. The number of aromatic nitrogens is 5. The molecule has 0 saturated carbocycles. The summed E-state index contributed by atoms with van der Waals surface area (Å²) in [7, 11) is 0. The predicted octanol–water partition coefficient (Wildman–Crippen LogP) is 11.9. The van der Waals surface area contributed by atoms with Crippen molar-refractivity contribution in [3.05, 3.63) is 200 Å². The number of rotatable bonds is 8. The van der Waals surface area contributed by atoms with E-state index in [0.29, 0.717) is 17.5 Å². The highest BCUT2D eigenvalue weighted by Crippen LogP contribution is 2.31. The lowest BCUT2D eigenvalue weighted by Crippen LogP contribution is -2.00. The summed E-state index contributed by atoms with van der Waals surface area (Å²) in [5.74, 6) is 2.02. The summed E-state index contributed by atoms with van der Waals surface area (Å²) < 4.78 is 0. The molecule has 0 N–H and O–H groups in total. The van der Waals surface area contributed by atoms with Crippen LogP contribution >= 0.6 is 0 Å². The lowest BCUT2D eigenvalue weighted by molar-refractivity contribution is 1.07. The normalized spacial score (nSPS) is 10.8. The third-order valence-corrected chi connectivity index (χ3v) is 9.80. The second-order valence-corrected chi connectivity index (χ2v) is 13.3. The van der Waals surface area contributed by atoms with E-state index in [1.807, 2.05) is 30.3 Å². The molecule has 0 saturated heterocycles. The smallest absolute Gasteiger partial charge is 0.227 e. The molecule has 9 aromatic rings. The van der Waals surface area contributed by atoms with Crippen molar-refractivity contribution in [2.24, 2.45) is 0 Å². The predicted molar refractivity (Wildman–Crippen MR) is 224 cm³/mol. The van der Waals surface area contributed by atoms with Gasteiger partial charge in [-0.3, -0.25) is 0 Å². The van der Waals surface area contributed by atoms with Crippen molar-refractivity contribution < 1.29 is 0 Å². The number of nitrogens with zero attached hydrogens (tertiary/aromatic N) is 6. The van der Waals surface area contributed by atoms with E-state index in [1.54, 1.807) is 12.4 Å². The number of hydrogen-bond acceptors (Lipinski definition) is 6. The largest absolute Gasteiger partial charge is 0.232 e. The molecule has 0 fully saturated rings. The number of hydrogen-bond donors (Lipinski definition) is 0. The van der Waals surface area contributed by atoms with Crippen LogP contribution in [-0.2, 0) is 0 Å². The van der Waals surface area contributed by atoms with E-state index in [1.165, 1.54) is 0 Å². The molecule has 0 aliphatic heterocycles. The van der Waals surface area contributed by atoms with Gasteiger partial charge in [-0.2, -0.15) is 5.26 Å². The maximum Gasteiger partial charge on any atom is 0.232 e. The zero-order valence-electron chi connectivity index (χ0n) is 30.2. The Morgan fingerprint density at radius 3 is 0.768 bits per heavy atom. The highest BCUT2D eigenvalue weighted by atomic mass is 15.0. The fraction of sp³-hybridized carbons (Fsp3) is 0. The van der Waals surface area contributed by atoms with Crippen molar-refractivity contribution in [3.8, 4) is 95.9 Å². The zero-order chi connectivity index (χ0) is 37.7. The summed E-state index contributed by atoms with van der Waals surface area (Å²) in [6.45, 7) is 0. The van der Waals surface area contributed by atoms with Crippen molar-refractivity contribution in [1.29, 1.82) is 5.26 Å². The third-order valence-electron chi connectivity index (χ3n) is 9.80. The maximum atomic E-state index is 8.99. The topological polar surface area (TPSA) is 88.2 Å². The average molecular weight is 717 g/mol. The monoisotopic (exact) mass is 716 g/mol. The first-order valence-corrected chi connectivity index (χ1v) is 18.3. The summed E-state index contributed by atoms with van der Waals surface area (Å²) in [6.07, 6.45) is 3.35. The van der Waals surface area contributed by atoms with Crippen LogP contribution in [-0.4, -0.2) is 24.9 Å². The standard InChI is InChI=1S/C50H32N6/c51-31-47-52-32-46(33-53-47)42-17-15-40(16-18-42)38-11-13-39(14-12-38)41-23-29-45(30-24-41)50-55-48(43-25-19-36(20-26-43)34-7-3-1-4-8-34)54-49(56-50)44-27-21-37(22-28-44)35-9-5-2-6-10-35/h1-30,32-33H. The van der Waals surface area contributed by atoms with Gasteiger partial charge < -0.3 is 0 Å². The Morgan fingerprint density at radius 1 is 0.268 bits per heavy atom. The molecule has 2 aromatic heterocycles. The molecule has 0 aliphatic carbocycles. The van der Waals surface area contributed by atoms with Crippen molar-refractivity contribution in [1.82, 2.24) is 24.9 Å². The molecule has 262 valence electrons. The molecule has 6 heteroatoms. The molecule has 56 heavy (non-hydrogen) atoms. The van der Waals surface area contributed by atoms with E-state index in [-0.39, 0.29) is 5.82 Å². The van der Waals surface area contributed by atoms with Crippen LogP contribution in [0.4, 0.5) is 0 Å². The molecule has 0 unspecified atom stereocenters. The molecule has 6 nitrogen and oxygen atoms in total. The van der Waals surface area contributed by atoms with E-state index in [9.17, 15) is 0 Å². The third kappa shape index (κ3) is 7.21. The van der Waals surface area contributed by atoms with Gasteiger partial charge in [-0.1, -0.05) is 182 Å². The molecule has 9 rings (SSSR count). The molecule has 0 spiro atoms. The Bertz CT molecular complexity index is 2680. The number of benzene rings is 7. The lowest BCUT2D eigenvalue weighted by Gasteiger charge is -2.10. The van der Waals surface area contributed by atoms with Crippen LogP contribution in [0.15, 0.2) is 194 Å². The highest BCUT2D eigenvalue weighted by Gasteiger charge is 2.14. The molecule has 0 amide bonds. The van der Waals surface area contributed by atoms with Crippen LogP contribution in [0, 0.1) is 11.3 Å². The molecule has 0 radical (unpaired) electrons. The second kappa shape index (κ2) is 15.2. The lowest BCUT2D eigenvalue weighted by atomic mass is 9.98. The van der Waals surface area contributed by atoms with E-state index in [4.69, 9.17) is 20.2 Å². The molecule has 7 aromatic carbocycles. The molecule has 0 aliphatic rings. The van der Waals surface area contributed by atoms with Crippen LogP contribution in [0.5, 0.6) is 0 Å². The fourth-order valence-electron chi connectivity index (χ4n) is 6.70. The summed E-state index contributed by atoms with van der Waals surface area (Å²) >= 11 is 0. The van der Waals surface area contributed by atoms with Gasteiger partial charge in [-0.15, -0.1) is 0 Å². The Morgan fingerprint density at radius 2 is 0.500 bits per heavy atom. The summed E-state index contributed by atoms with van der Waals surface area (Å²) in [4.78, 5) is 23.2. The van der Waals surface area contributed by atoms with Gasteiger partial charge in [0, 0.05) is 34.6 Å². The number of nitriles is 1. The van der Waals surface area contributed by atoms with Crippen molar-refractivity contribution in [2.45, 2.75) is 0 Å². The van der Waals surface area contributed by atoms with Crippen LogP contribution < -0.4 is 0 Å². The van der Waals surface area contributed by atoms with Crippen molar-refractivity contribution in [2.75, 3.05) is 0 Å². The van der Waals surface area contributed by atoms with Crippen LogP contribution in [0.3, 0.4) is 0 Å². The highest BCUT2D eigenvalue weighted by molar-refractivity contribution is 5.76. The van der Waals surface area contributed by atoms with Crippen LogP contribution in [0.2, 0.25) is 0 Å². The molecule has 0 bridgehead atoms. The van der Waals surface area contributed by atoms with Gasteiger partial charge in [-0.05, 0) is 50.1 Å². The first-order chi connectivity index (χ1) is 27.7. The zero-order valence-corrected chi connectivity index (χ0v) is 30.2. The Balaban J connectivity index is 0.995. The van der Waals surface area contributed by atoms with Gasteiger partial charge in [0.15, 0.2) is 17.5 Å². The molecular weight excluding hydrogens is 685 g/mol. The summed E-state index contributed by atoms with van der Waals surface area (Å²) in [6, 6.07) is 64.7. The van der Waals surface area contributed by atoms with E-state index in [0.717, 1.165) is 72.3 Å². The second-order valence-electron chi connectivity index (χ2n) is 13.3. The average Bonchev–Trinajstić information content (AvgIpc) is 3.30. The van der Waals surface area contributed by atoms with Gasteiger partial charge in [0.1, 0.15) is 6.07 Å². The van der Waals surface area contributed by atoms with Gasteiger partial charge in [0.25, 0.3) is 0 Å².